The second-order valence-corrected chi connectivity index (χ2v) is 7.57. The topological polar surface area (TPSA) is 79.5 Å². The summed E-state index contributed by atoms with van der Waals surface area (Å²) < 4.78 is 0. The highest BCUT2D eigenvalue weighted by Gasteiger charge is 2.29. The van der Waals surface area contributed by atoms with Gasteiger partial charge < -0.3 is 15.7 Å². The zero-order chi connectivity index (χ0) is 17.6. The summed E-state index contributed by atoms with van der Waals surface area (Å²) in [5.41, 5.74) is 9.64. The maximum atomic E-state index is 10.9. The van der Waals surface area contributed by atoms with E-state index in [1.165, 1.54) is 49.1 Å². The van der Waals surface area contributed by atoms with Crippen LogP contribution in [0.2, 0.25) is 0 Å². The number of aromatic nitrogens is 1. The normalized spacial score (nSPS) is 18.2. The molecule has 0 unspecified atom stereocenters. The third-order valence-corrected chi connectivity index (χ3v) is 5.47. The first-order valence-corrected chi connectivity index (χ1v) is 9.83. The Kier molecular flexibility index (Phi) is 6.43. The molecule has 1 aromatic rings. The Morgan fingerprint density at radius 2 is 2.04 bits per heavy atom. The van der Waals surface area contributed by atoms with Crippen molar-refractivity contribution >= 4 is 5.97 Å². The zero-order valence-corrected chi connectivity index (χ0v) is 15.1. The molecular weight excluding hydrogens is 314 g/mol. The van der Waals surface area contributed by atoms with E-state index in [-0.39, 0.29) is 0 Å². The first kappa shape index (κ1) is 18.3. The number of unbranched alkanes of at least 4 members (excludes halogenated alkanes) is 1. The Morgan fingerprint density at radius 1 is 1.24 bits per heavy atom. The Hall–Kier alpha value is -1.46. The minimum atomic E-state index is -0.894. The van der Waals surface area contributed by atoms with Crippen LogP contribution in [0.3, 0.4) is 0 Å². The molecule has 3 N–H and O–H groups in total. The number of nitrogens with two attached hydrogens (primary N) is 1. The average Bonchev–Trinajstić information content (AvgIpc) is 3.45. The van der Waals surface area contributed by atoms with Crippen molar-refractivity contribution < 1.29 is 9.90 Å². The number of aliphatic carboxylic acids is 1. The molecule has 1 aromatic heterocycles. The van der Waals surface area contributed by atoms with Crippen molar-refractivity contribution in [3.8, 4) is 0 Å². The fourth-order valence-corrected chi connectivity index (χ4v) is 3.73. The largest absolute Gasteiger partial charge is 0.480 e. The second kappa shape index (κ2) is 8.77. The minimum Gasteiger partial charge on any atom is -0.480 e. The summed E-state index contributed by atoms with van der Waals surface area (Å²) in [7, 11) is 0. The lowest BCUT2D eigenvalue weighted by Gasteiger charge is -2.22. The van der Waals surface area contributed by atoms with Crippen molar-refractivity contribution in [2.75, 3.05) is 13.1 Å². The van der Waals surface area contributed by atoms with Gasteiger partial charge in [0.05, 0.1) is 0 Å². The second-order valence-electron chi connectivity index (χ2n) is 7.57. The summed E-state index contributed by atoms with van der Waals surface area (Å²) in [5, 5.41) is 8.92. The van der Waals surface area contributed by atoms with Crippen molar-refractivity contribution in [3.63, 3.8) is 0 Å². The van der Waals surface area contributed by atoms with E-state index in [1.807, 2.05) is 0 Å². The molecule has 2 aliphatic rings. The van der Waals surface area contributed by atoms with Crippen LogP contribution in [0.15, 0.2) is 12.1 Å². The van der Waals surface area contributed by atoms with E-state index in [4.69, 9.17) is 15.8 Å². The third kappa shape index (κ3) is 5.51. The number of pyridine rings is 1. The maximum absolute atomic E-state index is 10.9. The Bertz CT molecular complexity index is 586. The van der Waals surface area contributed by atoms with Crippen LogP contribution in [0, 0.1) is 0 Å². The van der Waals surface area contributed by atoms with Gasteiger partial charge in [0.1, 0.15) is 6.04 Å². The number of carbonyl (C=O) groups is 1. The van der Waals surface area contributed by atoms with E-state index >= 15 is 0 Å². The molecule has 1 atom stereocenters. The van der Waals surface area contributed by atoms with Gasteiger partial charge in [-0.05, 0) is 82.4 Å². The highest BCUT2D eigenvalue weighted by molar-refractivity contribution is 5.72. The first-order chi connectivity index (χ1) is 12.1. The molecule has 25 heavy (non-hydrogen) atoms. The smallest absolute Gasteiger partial charge is 0.320 e. The van der Waals surface area contributed by atoms with Gasteiger partial charge in [0.25, 0.3) is 0 Å². The van der Waals surface area contributed by atoms with Crippen molar-refractivity contribution in [1.82, 2.24) is 9.88 Å². The van der Waals surface area contributed by atoms with Crippen molar-refractivity contribution in [3.05, 3.63) is 29.1 Å². The molecule has 0 aliphatic heterocycles. The summed E-state index contributed by atoms with van der Waals surface area (Å²) in [6.45, 7) is 1.84. The maximum Gasteiger partial charge on any atom is 0.320 e. The van der Waals surface area contributed by atoms with Crippen molar-refractivity contribution in [2.24, 2.45) is 5.73 Å². The van der Waals surface area contributed by atoms with Crippen LogP contribution in [0.5, 0.6) is 0 Å². The number of carboxylic acids is 1. The van der Waals surface area contributed by atoms with Crippen LogP contribution in [0.4, 0.5) is 0 Å². The van der Waals surface area contributed by atoms with Crippen LogP contribution < -0.4 is 5.73 Å². The van der Waals surface area contributed by atoms with Gasteiger partial charge in [-0.15, -0.1) is 0 Å². The fraction of sp³-hybridized carbons (Fsp3) is 0.700. The summed E-state index contributed by atoms with van der Waals surface area (Å²) in [6, 6.07) is 4.40. The van der Waals surface area contributed by atoms with Crippen LogP contribution in [0.1, 0.15) is 61.9 Å². The number of hydrogen-bond acceptors (Lipinski definition) is 4. The van der Waals surface area contributed by atoms with E-state index in [9.17, 15) is 4.79 Å². The van der Waals surface area contributed by atoms with Gasteiger partial charge in [-0.3, -0.25) is 9.78 Å². The molecule has 1 saturated carbocycles. The van der Waals surface area contributed by atoms with Crippen LogP contribution in [-0.4, -0.2) is 46.1 Å². The van der Waals surface area contributed by atoms with E-state index in [1.54, 1.807) is 0 Å². The molecule has 3 rings (SSSR count). The zero-order valence-electron chi connectivity index (χ0n) is 15.1. The lowest BCUT2D eigenvalue weighted by atomic mass is 9.95. The highest BCUT2D eigenvalue weighted by atomic mass is 16.4. The Labute approximate surface area is 150 Å². The van der Waals surface area contributed by atoms with Crippen molar-refractivity contribution in [1.29, 1.82) is 0 Å². The van der Waals surface area contributed by atoms with Gasteiger partial charge in [0.15, 0.2) is 0 Å². The molecule has 0 bridgehead atoms. The first-order valence-electron chi connectivity index (χ1n) is 9.83. The Morgan fingerprint density at radius 3 is 2.80 bits per heavy atom. The van der Waals surface area contributed by atoms with Gasteiger partial charge in [-0.25, -0.2) is 0 Å². The van der Waals surface area contributed by atoms with E-state index in [2.05, 4.69) is 17.0 Å². The molecule has 2 aliphatic carbocycles. The minimum absolute atomic E-state index is 0.540. The van der Waals surface area contributed by atoms with E-state index in [0.717, 1.165) is 38.8 Å². The molecule has 0 saturated heterocycles. The van der Waals surface area contributed by atoms with Gasteiger partial charge in [-0.1, -0.05) is 6.07 Å². The van der Waals surface area contributed by atoms with Gasteiger partial charge >= 0.3 is 5.97 Å². The molecule has 0 radical (unpaired) electrons. The lowest BCUT2D eigenvalue weighted by molar-refractivity contribution is -0.138. The molecule has 0 aromatic carbocycles. The monoisotopic (exact) mass is 345 g/mol. The third-order valence-electron chi connectivity index (χ3n) is 5.47. The number of nitrogens with zero attached hydrogens (tertiary/aromatic N) is 2. The molecule has 0 amide bonds. The molecular formula is C20H31N3O2. The molecule has 0 spiro atoms. The molecule has 1 heterocycles. The summed E-state index contributed by atoms with van der Waals surface area (Å²) in [6.07, 6.45) is 11.3. The lowest BCUT2D eigenvalue weighted by Crippen LogP contribution is -2.36. The number of rotatable bonds is 10. The van der Waals surface area contributed by atoms with Gasteiger partial charge in [0.2, 0.25) is 0 Å². The molecule has 5 heteroatoms. The van der Waals surface area contributed by atoms with Gasteiger partial charge in [-0.2, -0.15) is 0 Å². The Balaban J connectivity index is 1.39. The SMILES string of the molecule is N[C@@H](CCN(CCCCc1ccc2c(n1)CCCC2)C1CC1)C(=O)O. The van der Waals surface area contributed by atoms with Crippen molar-refractivity contribution in [2.45, 2.75) is 76.3 Å². The number of carboxylic acid groups (broad SMARTS) is 1. The number of hydrogen-bond donors (Lipinski definition) is 2. The van der Waals surface area contributed by atoms with E-state index in [0.29, 0.717) is 12.5 Å². The molecule has 5 nitrogen and oxygen atoms in total. The average molecular weight is 345 g/mol. The summed E-state index contributed by atoms with van der Waals surface area (Å²) >= 11 is 0. The quantitative estimate of drug-likeness (QED) is 0.637. The molecule has 138 valence electrons. The number of fused-ring (bicyclic) bond motifs is 1. The predicted octanol–water partition coefficient (Wildman–Crippen LogP) is 2.55. The van der Waals surface area contributed by atoms with Crippen LogP contribution in [-0.2, 0) is 24.1 Å². The molecule has 1 fully saturated rings. The fourth-order valence-electron chi connectivity index (χ4n) is 3.73. The predicted molar refractivity (Wildman–Crippen MR) is 98.6 cm³/mol. The van der Waals surface area contributed by atoms with Crippen LogP contribution in [0.25, 0.3) is 0 Å². The summed E-state index contributed by atoms with van der Waals surface area (Å²) in [4.78, 5) is 18.2. The highest BCUT2D eigenvalue weighted by Crippen LogP contribution is 2.27. The summed E-state index contributed by atoms with van der Waals surface area (Å²) in [5.74, 6) is -0.894. The van der Waals surface area contributed by atoms with Crippen LogP contribution >= 0.6 is 0 Å². The standard InChI is InChI=1S/C20H31N3O2/c21-18(20(24)25)12-14-23(17-10-11-17)13-4-3-6-16-9-8-15-5-1-2-7-19(15)22-16/h8-9,17-18H,1-7,10-14,21H2,(H,24,25)/t18-/m0/s1. The van der Waals surface area contributed by atoms with E-state index < -0.39 is 12.0 Å². The number of aryl methyl sites for hydroxylation is 3. The van der Waals surface area contributed by atoms with Gasteiger partial charge in [0, 0.05) is 24.0 Å².